The van der Waals surface area contributed by atoms with Crippen molar-refractivity contribution in [1.82, 2.24) is 9.80 Å². The van der Waals surface area contributed by atoms with Crippen LogP contribution >= 0.6 is 0 Å². The lowest BCUT2D eigenvalue weighted by atomic mass is 9.74. The van der Waals surface area contributed by atoms with Crippen molar-refractivity contribution in [2.45, 2.75) is 69.6 Å². The first-order valence-electron chi connectivity index (χ1n) is 14.3. The summed E-state index contributed by atoms with van der Waals surface area (Å²) in [6.45, 7) is 6.95. The number of carbonyl (C=O) groups excluding carboxylic acids is 3. The van der Waals surface area contributed by atoms with Gasteiger partial charge < -0.3 is 20.3 Å². The van der Waals surface area contributed by atoms with Gasteiger partial charge in [0.1, 0.15) is 12.6 Å². The van der Waals surface area contributed by atoms with Gasteiger partial charge in [-0.3, -0.25) is 19.3 Å². The normalized spacial score (nSPS) is 26.8. The van der Waals surface area contributed by atoms with Gasteiger partial charge in [0.05, 0.1) is 18.1 Å². The van der Waals surface area contributed by atoms with Gasteiger partial charge in [-0.1, -0.05) is 31.3 Å². The molecule has 0 bridgehead atoms. The maximum Gasteiger partial charge on any atom is 0.249 e. The van der Waals surface area contributed by atoms with Gasteiger partial charge >= 0.3 is 0 Å². The molecule has 4 fully saturated rings. The molecule has 2 N–H and O–H groups in total. The summed E-state index contributed by atoms with van der Waals surface area (Å²) in [7, 11) is 0. The molecule has 1 aromatic rings. The fourth-order valence-corrected chi connectivity index (χ4v) is 7.03. The average Bonchev–Trinajstić information content (AvgIpc) is 3.51. The summed E-state index contributed by atoms with van der Waals surface area (Å²) in [4.78, 5) is 49.2. The van der Waals surface area contributed by atoms with E-state index in [1.807, 2.05) is 12.1 Å². The number of nitrogens with zero attached hydrogens (tertiary/aromatic N) is 6. The van der Waals surface area contributed by atoms with Crippen LogP contribution < -0.4 is 10.6 Å². The van der Waals surface area contributed by atoms with E-state index in [-0.39, 0.29) is 30.8 Å². The molecular formula is C28H39N7O4. The number of ether oxygens (including phenoxy) is 1. The molecule has 1 aromatic carbocycles. The summed E-state index contributed by atoms with van der Waals surface area (Å²) in [5.74, 6) is -1.55. The smallest absolute Gasteiger partial charge is 0.249 e. The van der Waals surface area contributed by atoms with Gasteiger partial charge in [-0.15, -0.1) is 0 Å². The van der Waals surface area contributed by atoms with Crippen LogP contribution in [0.25, 0.3) is 10.4 Å². The summed E-state index contributed by atoms with van der Waals surface area (Å²) >= 11 is 0. The Morgan fingerprint density at radius 2 is 1.92 bits per heavy atom. The second kappa shape index (κ2) is 11.9. The molecule has 11 heteroatoms. The number of hydrogen-bond acceptors (Lipinski definition) is 7. The van der Waals surface area contributed by atoms with Gasteiger partial charge in [-0.05, 0) is 61.0 Å². The number of rotatable bonds is 8. The van der Waals surface area contributed by atoms with Crippen molar-refractivity contribution in [3.05, 3.63) is 39.8 Å². The Hall–Kier alpha value is -3.14. The second-order valence-electron chi connectivity index (χ2n) is 11.3. The zero-order chi connectivity index (χ0) is 27.5. The molecule has 0 radical (unpaired) electrons. The fourth-order valence-electron chi connectivity index (χ4n) is 7.03. The number of Topliss-reactive ketones (excluding diaryl/α,β-unsaturated/α-hetero) is 1. The van der Waals surface area contributed by atoms with Gasteiger partial charge in [-0.25, -0.2) is 0 Å². The molecule has 39 heavy (non-hydrogen) atoms. The minimum atomic E-state index is -0.772. The van der Waals surface area contributed by atoms with E-state index in [0.717, 1.165) is 76.9 Å². The molecule has 0 spiro atoms. The molecule has 3 saturated heterocycles. The van der Waals surface area contributed by atoms with Crippen LogP contribution in [0.2, 0.25) is 0 Å². The average molecular weight is 538 g/mol. The lowest BCUT2D eigenvalue weighted by Gasteiger charge is -2.37. The number of likely N-dealkylation sites (tertiary alicyclic amines) is 1. The Bertz CT molecular complexity index is 1140. The third kappa shape index (κ3) is 5.48. The number of hydrogen-bond donors (Lipinski definition) is 1. The Morgan fingerprint density at radius 1 is 1.18 bits per heavy atom. The molecule has 1 aliphatic carbocycles. The maximum atomic E-state index is 14.5. The zero-order valence-electron chi connectivity index (χ0n) is 22.7. The fraction of sp³-hybridized carbons (Fsp3) is 0.679. The van der Waals surface area contributed by atoms with E-state index in [0.29, 0.717) is 11.1 Å². The number of anilines is 1. The summed E-state index contributed by atoms with van der Waals surface area (Å²) in [5, 5.41) is 3.84. The van der Waals surface area contributed by atoms with Gasteiger partial charge in [0.25, 0.3) is 0 Å². The van der Waals surface area contributed by atoms with Crippen molar-refractivity contribution < 1.29 is 19.1 Å². The highest BCUT2D eigenvalue weighted by Crippen LogP contribution is 2.42. The maximum absolute atomic E-state index is 14.5. The third-order valence-corrected chi connectivity index (χ3v) is 8.94. The molecule has 0 aromatic heterocycles. The van der Waals surface area contributed by atoms with E-state index >= 15 is 0 Å². The summed E-state index contributed by atoms with van der Waals surface area (Å²) in [5.41, 5.74) is 16.9. The molecular weight excluding hydrogens is 498 g/mol. The lowest BCUT2D eigenvalue weighted by molar-refractivity contribution is -0.139. The van der Waals surface area contributed by atoms with Gasteiger partial charge in [-0.2, -0.15) is 0 Å². The summed E-state index contributed by atoms with van der Waals surface area (Å²) < 4.78 is 5.66. The van der Waals surface area contributed by atoms with Gasteiger partial charge in [0.2, 0.25) is 11.8 Å². The van der Waals surface area contributed by atoms with Crippen LogP contribution in [0.5, 0.6) is 0 Å². The van der Waals surface area contributed by atoms with E-state index in [4.69, 9.17) is 16.0 Å². The van der Waals surface area contributed by atoms with E-state index in [1.165, 1.54) is 0 Å². The monoisotopic (exact) mass is 537 g/mol. The zero-order valence-corrected chi connectivity index (χ0v) is 22.7. The number of azide groups is 1. The standard InChI is InChI=1S/C28H39N7O4/c1-2-10-33-11-13-34(14-12-33)19-8-9-20(27(29)37)21(15-19)24(18-6-4-3-5-7-18)28(38)35-16-22(31-32-30)26-25(35)23(36)17-39-26/h8-9,15,18,22,24-26H,2-7,10-14,16-17H2,1H3,(H2,29,37)/t22-,24-,25+,26+/m0/s1. The molecule has 4 aliphatic rings. The Labute approximate surface area is 229 Å². The highest BCUT2D eigenvalue weighted by molar-refractivity contribution is 5.99. The number of benzene rings is 1. The molecule has 3 aliphatic heterocycles. The van der Waals surface area contributed by atoms with Crippen molar-refractivity contribution >= 4 is 23.3 Å². The first-order chi connectivity index (χ1) is 18.9. The van der Waals surface area contributed by atoms with Gasteiger partial charge in [0.15, 0.2) is 5.78 Å². The highest BCUT2D eigenvalue weighted by Gasteiger charge is 2.53. The Balaban J connectivity index is 1.51. The predicted molar refractivity (Wildman–Crippen MR) is 146 cm³/mol. The number of nitrogens with two attached hydrogens (primary N) is 1. The van der Waals surface area contributed by atoms with E-state index in [9.17, 15) is 14.4 Å². The molecule has 210 valence electrons. The number of amides is 2. The SMILES string of the molecule is CCCN1CCN(c2ccc(C(N)=O)c([C@@H](C(=O)N3C[C@H](N=[N+]=[N-])[C@H]4OCC(=O)[C@H]43)C3CCCCC3)c2)CC1. The van der Waals surface area contributed by atoms with Crippen molar-refractivity contribution in [1.29, 1.82) is 0 Å². The van der Waals surface area contributed by atoms with Crippen LogP contribution in [0.3, 0.4) is 0 Å². The number of carbonyl (C=O) groups is 3. The number of primary amides is 1. The third-order valence-electron chi connectivity index (χ3n) is 8.94. The van der Waals surface area contributed by atoms with Gasteiger partial charge in [0, 0.05) is 48.9 Å². The van der Waals surface area contributed by atoms with Crippen LogP contribution in [0.1, 0.15) is 67.3 Å². The topological polar surface area (TPSA) is 145 Å². The van der Waals surface area contributed by atoms with E-state index in [1.54, 1.807) is 11.0 Å². The molecule has 5 rings (SSSR count). The summed E-state index contributed by atoms with van der Waals surface area (Å²) in [6, 6.07) is 4.28. The van der Waals surface area contributed by atoms with Crippen LogP contribution in [-0.4, -0.2) is 91.5 Å². The van der Waals surface area contributed by atoms with Crippen LogP contribution in [0.4, 0.5) is 5.69 Å². The Kier molecular flexibility index (Phi) is 8.40. The van der Waals surface area contributed by atoms with Crippen molar-refractivity contribution in [2.75, 3.05) is 50.8 Å². The van der Waals surface area contributed by atoms with Crippen molar-refractivity contribution in [2.24, 2.45) is 16.8 Å². The largest absolute Gasteiger partial charge is 0.369 e. The van der Waals surface area contributed by atoms with Crippen LogP contribution in [0.15, 0.2) is 23.3 Å². The molecule has 1 saturated carbocycles. The second-order valence-corrected chi connectivity index (χ2v) is 11.3. The predicted octanol–water partition coefficient (Wildman–Crippen LogP) is 2.84. The highest BCUT2D eigenvalue weighted by atomic mass is 16.5. The van der Waals surface area contributed by atoms with E-state index in [2.05, 4.69) is 26.7 Å². The number of fused-ring (bicyclic) bond motifs is 1. The summed E-state index contributed by atoms with van der Waals surface area (Å²) in [6.07, 6.45) is 5.34. The molecule has 2 amide bonds. The molecule has 4 atom stereocenters. The van der Waals surface area contributed by atoms with E-state index < -0.39 is 30.0 Å². The minimum Gasteiger partial charge on any atom is -0.369 e. The van der Waals surface area contributed by atoms with Crippen molar-refractivity contribution in [3.8, 4) is 0 Å². The minimum absolute atomic E-state index is 0.0235. The van der Waals surface area contributed by atoms with Crippen molar-refractivity contribution in [3.63, 3.8) is 0 Å². The Morgan fingerprint density at radius 3 is 2.59 bits per heavy atom. The van der Waals surface area contributed by atoms with Crippen LogP contribution in [0, 0.1) is 5.92 Å². The first-order valence-corrected chi connectivity index (χ1v) is 14.3. The van der Waals surface area contributed by atoms with Crippen LogP contribution in [-0.2, 0) is 14.3 Å². The first kappa shape index (κ1) is 27.4. The molecule has 3 heterocycles. The number of ketones is 1. The lowest BCUT2D eigenvalue weighted by Crippen LogP contribution is -2.47. The quantitative estimate of drug-likeness (QED) is 0.307. The number of piperazine rings is 1. The molecule has 11 nitrogen and oxygen atoms in total. The molecule has 0 unspecified atom stereocenters.